The first-order valence-corrected chi connectivity index (χ1v) is 7.75. The molecule has 0 aromatic heterocycles. The molecule has 0 amide bonds. The minimum Gasteiger partial charge on any atom is -0.388 e. The van der Waals surface area contributed by atoms with E-state index >= 15 is 0 Å². The summed E-state index contributed by atoms with van der Waals surface area (Å²) in [5.74, 6) is 0. The number of hydrogen-bond acceptors (Lipinski definition) is 2. The molecule has 2 N–H and O–H groups in total. The number of rotatable bonds is 1. The quantitative estimate of drug-likeness (QED) is 0.815. The molecule has 1 atom stereocenters. The number of benzene rings is 1. The van der Waals surface area contributed by atoms with Crippen LogP contribution in [-0.4, -0.2) is 10.7 Å². The summed E-state index contributed by atoms with van der Waals surface area (Å²) in [7, 11) is 0. The van der Waals surface area contributed by atoms with E-state index in [4.69, 9.17) is 0 Å². The van der Waals surface area contributed by atoms with Crippen LogP contribution >= 0.6 is 0 Å². The third-order valence-electron chi connectivity index (χ3n) is 4.93. The molecule has 1 heterocycles. The Balaban J connectivity index is 1.97. The van der Waals surface area contributed by atoms with E-state index in [1.165, 1.54) is 17.5 Å². The minimum absolute atomic E-state index is 0.0811. The van der Waals surface area contributed by atoms with Crippen LogP contribution in [0.15, 0.2) is 24.3 Å². The smallest absolute Gasteiger partial charge is 0.0851 e. The van der Waals surface area contributed by atoms with Gasteiger partial charge < -0.3 is 10.4 Å². The first-order chi connectivity index (χ1) is 9.21. The minimum atomic E-state index is -0.641. The Kier molecular flexibility index (Phi) is 3.04. The molecule has 0 bridgehead atoms. The van der Waals surface area contributed by atoms with E-state index in [0.717, 1.165) is 19.4 Å². The predicted octanol–water partition coefficient (Wildman–Crippen LogP) is 3.80. The average Bonchev–Trinajstić information content (AvgIpc) is 2.67. The Morgan fingerprint density at radius 2 is 1.60 bits per heavy atom. The molecule has 20 heavy (non-hydrogen) atoms. The Morgan fingerprint density at radius 3 is 2.25 bits per heavy atom. The highest BCUT2D eigenvalue weighted by Crippen LogP contribution is 2.54. The van der Waals surface area contributed by atoms with E-state index in [1.807, 2.05) is 0 Å². The maximum absolute atomic E-state index is 11.4. The highest BCUT2D eigenvalue weighted by Gasteiger charge is 2.51. The van der Waals surface area contributed by atoms with E-state index in [-0.39, 0.29) is 16.9 Å². The van der Waals surface area contributed by atoms with Crippen LogP contribution in [0, 0.1) is 10.8 Å². The molecular formula is C18H27NO. The van der Waals surface area contributed by atoms with Crippen molar-refractivity contribution in [1.29, 1.82) is 0 Å². The Bertz CT molecular complexity index is 502. The Morgan fingerprint density at radius 1 is 1.00 bits per heavy atom. The standard InChI is InChI=1S/C18H27NO/c1-16(2)10-17(3,4)12-18(20,11-16)15-14-8-6-5-7-13(14)9-19-15/h5-8,15,19-20H,9-12H2,1-4H3. The lowest BCUT2D eigenvalue weighted by molar-refractivity contribution is -0.107. The van der Waals surface area contributed by atoms with Crippen molar-refractivity contribution in [2.45, 2.75) is 65.1 Å². The van der Waals surface area contributed by atoms with E-state index in [1.54, 1.807) is 0 Å². The lowest BCUT2D eigenvalue weighted by Gasteiger charge is -2.52. The molecule has 1 unspecified atom stereocenters. The normalized spacial score (nSPS) is 29.9. The van der Waals surface area contributed by atoms with Crippen molar-refractivity contribution in [1.82, 2.24) is 5.32 Å². The van der Waals surface area contributed by atoms with Crippen LogP contribution in [-0.2, 0) is 6.54 Å². The Hall–Kier alpha value is -0.860. The maximum atomic E-state index is 11.4. The zero-order valence-corrected chi connectivity index (χ0v) is 13.2. The zero-order chi connectivity index (χ0) is 14.6. The van der Waals surface area contributed by atoms with Crippen molar-refractivity contribution in [3.63, 3.8) is 0 Å². The van der Waals surface area contributed by atoms with E-state index in [2.05, 4.69) is 57.3 Å². The zero-order valence-electron chi connectivity index (χ0n) is 13.2. The molecule has 1 aliphatic heterocycles. The van der Waals surface area contributed by atoms with Gasteiger partial charge in [-0.1, -0.05) is 52.0 Å². The predicted molar refractivity (Wildman–Crippen MR) is 82.4 cm³/mol. The van der Waals surface area contributed by atoms with Crippen LogP contribution in [0.3, 0.4) is 0 Å². The SMILES string of the molecule is CC1(C)CC(C)(C)CC(O)(C2NCc3ccccc32)C1. The first kappa shape index (κ1) is 14.1. The van der Waals surface area contributed by atoms with Gasteiger partial charge in [-0.15, -0.1) is 0 Å². The molecule has 1 saturated carbocycles. The molecular weight excluding hydrogens is 246 g/mol. The van der Waals surface area contributed by atoms with Crippen LogP contribution in [0.1, 0.15) is 64.1 Å². The topological polar surface area (TPSA) is 32.3 Å². The van der Waals surface area contributed by atoms with Gasteiger partial charge in [-0.25, -0.2) is 0 Å². The molecule has 1 aromatic carbocycles. The van der Waals surface area contributed by atoms with E-state index in [0.29, 0.717) is 0 Å². The second-order valence-electron chi connectivity index (χ2n) is 8.48. The molecule has 0 radical (unpaired) electrons. The third-order valence-corrected chi connectivity index (χ3v) is 4.93. The molecule has 2 heteroatoms. The molecule has 1 aliphatic carbocycles. The summed E-state index contributed by atoms with van der Waals surface area (Å²) < 4.78 is 0. The first-order valence-electron chi connectivity index (χ1n) is 7.75. The molecule has 0 spiro atoms. The van der Waals surface area contributed by atoms with Crippen LogP contribution in [0.5, 0.6) is 0 Å². The number of nitrogens with one attached hydrogen (secondary N) is 1. The molecule has 2 aliphatic rings. The highest BCUT2D eigenvalue weighted by atomic mass is 16.3. The van der Waals surface area contributed by atoms with E-state index in [9.17, 15) is 5.11 Å². The van der Waals surface area contributed by atoms with Crippen LogP contribution in [0.25, 0.3) is 0 Å². The van der Waals surface area contributed by atoms with Gasteiger partial charge in [-0.05, 0) is 41.2 Å². The summed E-state index contributed by atoms with van der Waals surface area (Å²) in [5.41, 5.74) is 2.37. The van der Waals surface area contributed by atoms with Crippen LogP contribution in [0.4, 0.5) is 0 Å². The summed E-state index contributed by atoms with van der Waals surface area (Å²) >= 11 is 0. The maximum Gasteiger partial charge on any atom is 0.0851 e. The second kappa shape index (κ2) is 4.32. The van der Waals surface area contributed by atoms with Crippen molar-refractivity contribution in [3.05, 3.63) is 35.4 Å². The fourth-order valence-corrected chi connectivity index (χ4v) is 5.12. The van der Waals surface area contributed by atoms with Crippen molar-refractivity contribution >= 4 is 0 Å². The van der Waals surface area contributed by atoms with Gasteiger partial charge in [-0.3, -0.25) is 0 Å². The van der Waals surface area contributed by atoms with Gasteiger partial charge in [0.2, 0.25) is 0 Å². The van der Waals surface area contributed by atoms with Gasteiger partial charge in [0.25, 0.3) is 0 Å². The third kappa shape index (κ3) is 2.40. The highest BCUT2D eigenvalue weighted by molar-refractivity contribution is 5.36. The summed E-state index contributed by atoms with van der Waals surface area (Å²) in [6, 6.07) is 8.60. The van der Waals surface area contributed by atoms with Crippen molar-refractivity contribution < 1.29 is 5.11 Å². The number of hydrogen-bond donors (Lipinski definition) is 2. The lowest BCUT2D eigenvalue weighted by atomic mass is 9.57. The molecule has 1 fully saturated rings. The summed E-state index contributed by atoms with van der Waals surface area (Å²) in [4.78, 5) is 0. The van der Waals surface area contributed by atoms with Gasteiger partial charge in [0.1, 0.15) is 0 Å². The van der Waals surface area contributed by atoms with Gasteiger partial charge >= 0.3 is 0 Å². The van der Waals surface area contributed by atoms with Gasteiger partial charge in [0.15, 0.2) is 0 Å². The van der Waals surface area contributed by atoms with Crippen molar-refractivity contribution in [2.24, 2.45) is 10.8 Å². The molecule has 3 rings (SSSR count). The molecule has 2 nitrogen and oxygen atoms in total. The fraction of sp³-hybridized carbons (Fsp3) is 0.667. The van der Waals surface area contributed by atoms with Crippen LogP contribution < -0.4 is 5.32 Å². The van der Waals surface area contributed by atoms with Gasteiger partial charge in [-0.2, -0.15) is 0 Å². The van der Waals surface area contributed by atoms with Gasteiger partial charge in [0.05, 0.1) is 11.6 Å². The molecule has 1 aromatic rings. The average molecular weight is 273 g/mol. The van der Waals surface area contributed by atoms with E-state index < -0.39 is 5.60 Å². The summed E-state index contributed by atoms with van der Waals surface area (Å²) in [6.07, 6.45) is 2.92. The largest absolute Gasteiger partial charge is 0.388 e. The monoisotopic (exact) mass is 273 g/mol. The van der Waals surface area contributed by atoms with Crippen LogP contribution in [0.2, 0.25) is 0 Å². The molecule has 0 saturated heterocycles. The number of fused-ring (bicyclic) bond motifs is 1. The Labute approximate surface area is 122 Å². The lowest BCUT2D eigenvalue weighted by Crippen LogP contribution is -2.51. The summed E-state index contributed by atoms with van der Waals surface area (Å²) in [6.45, 7) is 10.0. The van der Waals surface area contributed by atoms with Crippen molar-refractivity contribution in [3.8, 4) is 0 Å². The van der Waals surface area contributed by atoms with Crippen molar-refractivity contribution in [2.75, 3.05) is 0 Å². The second-order valence-corrected chi connectivity index (χ2v) is 8.48. The molecule has 110 valence electrons. The van der Waals surface area contributed by atoms with Gasteiger partial charge in [0, 0.05) is 6.54 Å². The summed E-state index contributed by atoms with van der Waals surface area (Å²) in [5, 5.41) is 15.0. The number of aliphatic hydroxyl groups is 1. The fourth-order valence-electron chi connectivity index (χ4n) is 5.12.